The van der Waals surface area contributed by atoms with E-state index in [-0.39, 0.29) is 6.04 Å². The van der Waals surface area contributed by atoms with Crippen molar-refractivity contribution in [2.75, 3.05) is 32.2 Å². The van der Waals surface area contributed by atoms with Gasteiger partial charge in [0.1, 0.15) is 11.8 Å². The average Bonchev–Trinajstić information content (AvgIpc) is 2.76. The van der Waals surface area contributed by atoms with Crippen molar-refractivity contribution in [3.63, 3.8) is 0 Å². The molecule has 0 bridgehead atoms. The zero-order chi connectivity index (χ0) is 12.3. The molecule has 0 saturated heterocycles. The van der Waals surface area contributed by atoms with Crippen LogP contribution in [0.4, 0.5) is 5.82 Å². The lowest BCUT2D eigenvalue weighted by molar-refractivity contribution is 0.181. The summed E-state index contributed by atoms with van der Waals surface area (Å²) >= 11 is 0. The van der Waals surface area contributed by atoms with Crippen LogP contribution in [0.2, 0.25) is 0 Å². The summed E-state index contributed by atoms with van der Waals surface area (Å²) in [6.07, 6.45) is 3.10. The number of H-pyrrole nitrogens is 1. The van der Waals surface area contributed by atoms with Crippen LogP contribution in [0, 0.1) is 0 Å². The van der Waals surface area contributed by atoms with Crippen molar-refractivity contribution < 1.29 is 4.74 Å². The van der Waals surface area contributed by atoms with E-state index in [1.54, 1.807) is 13.4 Å². The van der Waals surface area contributed by atoms with Gasteiger partial charge in [-0.2, -0.15) is 0 Å². The highest BCUT2D eigenvalue weighted by Crippen LogP contribution is 2.17. The Labute approximate surface area is 99.0 Å². The van der Waals surface area contributed by atoms with Crippen molar-refractivity contribution >= 4 is 17.0 Å². The van der Waals surface area contributed by atoms with Gasteiger partial charge in [-0.25, -0.2) is 15.0 Å². The van der Waals surface area contributed by atoms with Gasteiger partial charge in [0.05, 0.1) is 12.9 Å². The summed E-state index contributed by atoms with van der Waals surface area (Å²) in [5, 5.41) is 0. The van der Waals surface area contributed by atoms with E-state index < -0.39 is 0 Å². The zero-order valence-corrected chi connectivity index (χ0v) is 9.92. The summed E-state index contributed by atoms with van der Waals surface area (Å²) < 4.78 is 5.01. The molecule has 0 aliphatic rings. The number of aromatic amines is 1. The molecule has 3 N–H and O–H groups in total. The van der Waals surface area contributed by atoms with Gasteiger partial charge in [-0.05, 0) is 0 Å². The predicted molar refractivity (Wildman–Crippen MR) is 64.8 cm³/mol. The molecule has 0 radical (unpaired) electrons. The first-order chi connectivity index (χ1) is 8.22. The topological polar surface area (TPSA) is 93.0 Å². The Hall–Kier alpha value is -1.73. The van der Waals surface area contributed by atoms with Gasteiger partial charge in [-0.3, -0.25) is 0 Å². The van der Waals surface area contributed by atoms with Crippen molar-refractivity contribution in [1.82, 2.24) is 19.9 Å². The van der Waals surface area contributed by atoms with Gasteiger partial charge in [0.2, 0.25) is 0 Å². The Morgan fingerprint density at radius 2 is 2.29 bits per heavy atom. The minimum atomic E-state index is -0.0575. The Morgan fingerprint density at radius 3 is 3.06 bits per heavy atom. The fourth-order valence-corrected chi connectivity index (χ4v) is 1.75. The Balaban J connectivity index is 2.18. The number of likely N-dealkylation sites (N-methyl/N-ethyl adjacent to an activating group) is 1. The van der Waals surface area contributed by atoms with Gasteiger partial charge >= 0.3 is 0 Å². The number of methoxy groups -OCH3 is 1. The van der Waals surface area contributed by atoms with Crippen LogP contribution in [0.15, 0.2) is 12.7 Å². The third-order valence-electron chi connectivity index (χ3n) is 2.45. The monoisotopic (exact) mass is 236 g/mol. The van der Waals surface area contributed by atoms with E-state index in [0.29, 0.717) is 18.8 Å². The molecule has 2 aromatic heterocycles. The van der Waals surface area contributed by atoms with E-state index in [9.17, 15) is 0 Å². The molecular weight excluding hydrogens is 220 g/mol. The van der Waals surface area contributed by atoms with Gasteiger partial charge in [0.25, 0.3) is 0 Å². The molecule has 0 fully saturated rings. The molecule has 0 aliphatic heterocycles. The minimum Gasteiger partial charge on any atom is -0.383 e. The molecule has 0 aliphatic carbocycles. The maximum Gasteiger partial charge on any atom is 0.182 e. The lowest BCUT2D eigenvalue weighted by atomic mass is 10.3. The molecule has 0 saturated carbocycles. The number of nitrogens with zero attached hydrogens (tertiary/aromatic N) is 4. The molecule has 1 atom stereocenters. The van der Waals surface area contributed by atoms with Crippen LogP contribution < -0.4 is 10.6 Å². The standard InChI is InChI=1S/C10H16N6O/c1-16(3-7(11)4-17-2)10-8-9(13-5-12-8)14-6-15-10/h5-7H,3-4,11H2,1-2H3,(H,12,13,14,15). The van der Waals surface area contributed by atoms with Crippen molar-refractivity contribution in [3.05, 3.63) is 12.7 Å². The van der Waals surface area contributed by atoms with E-state index in [4.69, 9.17) is 10.5 Å². The number of nitrogens with two attached hydrogens (primary N) is 1. The number of anilines is 1. The zero-order valence-electron chi connectivity index (χ0n) is 9.92. The van der Waals surface area contributed by atoms with Gasteiger partial charge < -0.3 is 20.4 Å². The number of rotatable bonds is 5. The van der Waals surface area contributed by atoms with E-state index in [2.05, 4.69) is 19.9 Å². The molecule has 0 amide bonds. The molecule has 92 valence electrons. The second kappa shape index (κ2) is 5.07. The highest BCUT2D eigenvalue weighted by molar-refractivity contribution is 5.82. The highest BCUT2D eigenvalue weighted by Gasteiger charge is 2.13. The third-order valence-corrected chi connectivity index (χ3v) is 2.45. The van der Waals surface area contributed by atoms with Crippen molar-refractivity contribution in [3.8, 4) is 0 Å². The molecule has 1 unspecified atom stereocenters. The van der Waals surface area contributed by atoms with Crippen LogP contribution >= 0.6 is 0 Å². The fourth-order valence-electron chi connectivity index (χ4n) is 1.75. The van der Waals surface area contributed by atoms with Crippen LogP contribution in [0.5, 0.6) is 0 Å². The second-order valence-electron chi connectivity index (χ2n) is 3.89. The lowest BCUT2D eigenvalue weighted by Crippen LogP contribution is -2.38. The summed E-state index contributed by atoms with van der Waals surface area (Å²) in [4.78, 5) is 17.4. The Kier molecular flexibility index (Phi) is 3.50. The molecule has 7 nitrogen and oxygen atoms in total. The van der Waals surface area contributed by atoms with Crippen molar-refractivity contribution in [2.45, 2.75) is 6.04 Å². The largest absolute Gasteiger partial charge is 0.383 e. The Bertz CT molecular complexity index is 484. The van der Waals surface area contributed by atoms with Crippen LogP contribution in [0.3, 0.4) is 0 Å². The Morgan fingerprint density at radius 1 is 1.47 bits per heavy atom. The van der Waals surface area contributed by atoms with Crippen LogP contribution in [-0.2, 0) is 4.74 Å². The first-order valence-electron chi connectivity index (χ1n) is 5.32. The number of imidazole rings is 1. The first-order valence-corrected chi connectivity index (χ1v) is 5.32. The molecule has 0 aromatic carbocycles. The van der Waals surface area contributed by atoms with Gasteiger partial charge in [-0.1, -0.05) is 0 Å². The summed E-state index contributed by atoms with van der Waals surface area (Å²) in [6, 6.07) is -0.0575. The summed E-state index contributed by atoms with van der Waals surface area (Å²) in [6.45, 7) is 1.17. The van der Waals surface area contributed by atoms with Crippen LogP contribution in [0.1, 0.15) is 0 Å². The number of fused-ring (bicyclic) bond motifs is 1. The van der Waals surface area contributed by atoms with Gasteiger partial charge in [-0.15, -0.1) is 0 Å². The fraction of sp³-hybridized carbons (Fsp3) is 0.500. The number of hydrogen-bond acceptors (Lipinski definition) is 6. The van der Waals surface area contributed by atoms with E-state index >= 15 is 0 Å². The normalized spacial score (nSPS) is 12.9. The van der Waals surface area contributed by atoms with Crippen molar-refractivity contribution in [1.29, 1.82) is 0 Å². The number of hydrogen-bond donors (Lipinski definition) is 2. The molecule has 0 spiro atoms. The molecule has 2 aromatic rings. The predicted octanol–water partition coefficient (Wildman–Crippen LogP) is -0.237. The summed E-state index contributed by atoms with van der Waals surface area (Å²) in [5.74, 6) is 0.791. The van der Waals surface area contributed by atoms with E-state index in [0.717, 1.165) is 11.3 Å². The van der Waals surface area contributed by atoms with Gasteiger partial charge in [0.15, 0.2) is 11.5 Å². The van der Waals surface area contributed by atoms with E-state index in [1.807, 2.05) is 11.9 Å². The molecule has 2 heterocycles. The molecule has 2 rings (SSSR count). The smallest absolute Gasteiger partial charge is 0.182 e. The first kappa shape index (κ1) is 11.7. The third kappa shape index (κ3) is 2.51. The van der Waals surface area contributed by atoms with Crippen LogP contribution in [-0.4, -0.2) is 53.3 Å². The SMILES string of the molecule is COCC(N)CN(C)c1ncnc2nc[nH]c12. The second-order valence-corrected chi connectivity index (χ2v) is 3.89. The maximum atomic E-state index is 5.91. The number of ether oxygens (including phenoxy) is 1. The number of aromatic nitrogens is 4. The lowest BCUT2D eigenvalue weighted by Gasteiger charge is -2.21. The summed E-state index contributed by atoms with van der Waals surface area (Å²) in [7, 11) is 3.57. The molecule has 7 heteroatoms. The summed E-state index contributed by atoms with van der Waals surface area (Å²) in [5.41, 5.74) is 7.38. The maximum absolute atomic E-state index is 5.91. The van der Waals surface area contributed by atoms with E-state index in [1.165, 1.54) is 6.33 Å². The van der Waals surface area contributed by atoms with Gasteiger partial charge in [0, 0.05) is 26.7 Å². The number of nitrogens with one attached hydrogen (secondary N) is 1. The quantitative estimate of drug-likeness (QED) is 0.744. The minimum absolute atomic E-state index is 0.0575. The molecular formula is C10H16N6O. The van der Waals surface area contributed by atoms with Crippen molar-refractivity contribution in [2.24, 2.45) is 5.73 Å². The molecule has 17 heavy (non-hydrogen) atoms. The average molecular weight is 236 g/mol. The highest BCUT2D eigenvalue weighted by atomic mass is 16.5. The van der Waals surface area contributed by atoms with Crippen LogP contribution in [0.25, 0.3) is 11.2 Å².